The van der Waals surface area contributed by atoms with Crippen molar-refractivity contribution in [2.75, 3.05) is 39.8 Å². The molecule has 2 fully saturated rings. The Morgan fingerprint density at radius 3 is 2.52 bits per heavy atom. The van der Waals surface area contributed by atoms with E-state index in [4.69, 9.17) is 4.74 Å². The van der Waals surface area contributed by atoms with Gasteiger partial charge in [-0.1, -0.05) is 0 Å². The van der Waals surface area contributed by atoms with E-state index in [0.29, 0.717) is 24.2 Å². The van der Waals surface area contributed by atoms with Crippen LogP contribution >= 0.6 is 0 Å². The fourth-order valence-corrected chi connectivity index (χ4v) is 3.72. The monoisotopic (exact) mass is 320 g/mol. The number of halogens is 1. The normalized spacial score (nSPS) is 21.7. The fraction of sp³-hybridized carbons (Fsp3) is 0.611. The summed E-state index contributed by atoms with van der Waals surface area (Å²) in [5.41, 5.74) is 0.330. The Hall–Kier alpha value is -1.62. The zero-order valence-corrected chi connectivity index (χ0v) is 13.8. The van der Waals surface area contributed by atoms with E-state index < -0.39 is 0 Å². The van der Waals surface area contributed by atoms with E-state index in [1.165, 1.54) is 12.1 Å². The van der Waals surface area contributed by atoms with Gasteiger partial charge in [0.1, 0.15) is 18.2 Å². The number of benzene rings is 1. The van der Waals surface area contributed by atoms with Crippen molar-refractivity contribution in [1.82, 2.24) is 9.80 Å². The maximum Gasteiger partial charge on any atom is 0.222 e. The number of hydrogen-bond donors (Lipinski definition) is 0. The van der Waals surface area contributed by atoms with Crippen molar-refractivity contribution in [3.05, 3.63) is 30.1 Å². The molecule has 2 heterocycles. The van der Waals surface area contributed by atoms with Crippen molar-refractivity contribution in [1.29, 1.82) is 0 Å². The van der Waals surface area contributed by atoms with Crippen molar-refractivity contribution in [2.24, 2.45) is 5.41 Å². The molecule has 0 unspecified atom stereocenters. The molecule has 0 radical (unpaired) electrons. The second-order valence-corrected chi connectivity index (χ2v) is 6.89. The first-order chi connectivity index (χ1) is 11.1. The minimum absolute atomic E-state index is 0.241. The molecular weight excluding hydrogens is 295 g/mol. The summed E-state index contributed by atoms with van der Waals surface area (Å²) in [6.07, 6.45) is 4.04. The highest BCUT2D eigenvalue weighted by Crippen LogP contribution is 2.39. The van der Waals surface area contributed by atoms with Crippen LogP contribution in [0.2, 0.25) is 0 Å². The highest BCUT2D eigenvalue weighted by atomic mass is 19.1. The zero-order chi connectivity index (χ0) is 16.3. The smallest absolute Gasteiger partial charge is 0.222 e. The van der Waals surface area contributed by atoms with Gasteiger partial charge in [-0.15, -0.1) is 0 Å². The average Bonchev–Trinajstić information content (AvgIpc) is 2.55. The summed E-state index contributed by atoms with van der Waals surface area (Å²) in [5, 5.41) is 0. The van der Waals surface area contributed by atoms with Crippen molar-refractivity contribution < 1.29 is 13.9 Å². The Kier molecular flexibility index (Phi) is 4.85. The molecule has 23 heavy (non-hydrogen) atoms. The van der Waals surface area contributed by atoms with Gasteiger partial charge in [-0.3, -0.25) is 9.69 Å². The van der Waals surface area contributed by atoms with Crippen LogP contribution in [0.1, 0.15) is 25.7 Å². The van der Waals surface area contributed by atoms with Crippen LogP contribution in [0.25, 0.3) is 0 Å². The van der Waals surface area contributed by atoms with Crippen molar-refractivity contribution in [3.63, 3.8) is 0 Å². The van der Waals surface area contributed by atoms with Crippen LogP contribution in [0.15, 0.2) is 24.3 Å². The molecule has 0 bridgehead atoms. The summed E-state index contributed by atoms with van der Waals surface area (Å²) in [5.74, 6) is 0.757. The van der Waals surface area contributed by atoms with E-state index in [-0.39, 0.29) is 11.7 Å². The van der Waals surface area contributed by atoms with E-state index in [2.05, 4.69) is 4.90 Å². The molecule has 1 aromatic rings. The number of carbonyl (C=O) groups excluding carboxylic acids is 1. The zero-order valence-electron chi connectivity index (χ0n) is 13.8. The van der Waals surface area contributed by atoms with Gasteiger partial charge in [-0.25, -0.2) is 4.39 Å². The van der Waals surface area contributed by atoms with E-state index in [1.54, 1.807) is 12.1 Å². The minimum Gasteiger partial charge on any atom is -0.492 e. The molecule has 1 spiro atoms. The standard InChI is InChI=1S/C18H25FN2O2/c1-20-14-18(7-6-17(20)22)8-10-21(11-9-18)12-13-23-16-4-2-15(19)3-5-16/h2-5H,6-14H2,1H3. The minimum atomic E-state index is -0.241. The van der Waals surface area contributed by atoms with Crippen molar-refractivity contribution >= 4 is 5.91 Å². The fourth-order valence-electron chi connectivity index (χ4n) is 3.72. The van der Waals surface area contributed by atoms with Gasteiger partial charge < -0.3 is 9.64 Å². The summed E-state index contributed by atoms with van der Waals surface area (Å²) in [6.45, 7) is 4.55. The van der Waals surface area contributed by atoms with Gasteiger partial charge in [-0.2, -0.15) is 0 Å². The lowest BCUT2D eigenvalue weighted by atomic mass is 9.72. The second-order valence-electron chi connectivity index (χ2n) is 6.89. The van der Waals surface area contributed by atoms with E-state index >= 15 is 0 Å². The summed E-state index contributed by atoms with van der Waals surface area (Å²) in [4.78, 5) is 16.0. The van der Waals surface area contributed by atoms with Gasteiger partial charge in [0.05, 0.1) is 0 Å². The van der Waals surface area contributed by atoms with Crippen molar-refractivity contribution in [2.45, 2.75) is 25.7 Å². The number of nitrogens with zero attached hydrogens (tertiary/aromatic N) is 2. The average molecular weight is 320 g/mol. The summed E-state index contributed by atoms with van der Waals surface area (Å²) in [6, 6.07) is 6.16. The molecule has 0 aromatic heterocycles. The predicted molar refractivity (Wildman–Crippen MR) is 86.9 cm³/mol. The van der Waals surface area contributed by atoms with E-state index in [1.807, 2.05) is 11.9 Å². The number of carbonyl (C=O) groups is 1. The van der Waals surface area contributed by atoms with Gasteiger partial charge in [-0.05, 0) is 62.0 Å². The van der Waals surface area contributed by atoms with E-state index in [9.17, 15) is 9.18 Å². The molecular formula is C18H25FN2O2. The molecule has 1 amide bonds. The molecule has 2 aliphatic heterocycles. The van der Waals surface area contributed by atoms with E-state index in [0.717, 1.165) is 45.4 Å². The lowest BCUT2D eigenvalue weighted by Gasteiger charge is -2.46. The SMILES string of the molecule is CN1CC2(CCC1=O)CCN(CCOc1ccc(F)cc1)CC2. The highest BCUT2D eigenvalue weighted by molar-refractivity contribution is 5.76. The lowest BCUT2D eigenvalue weighted by Crippen LogP contribution is -2.50. The summed E-state index contributed by atoms with van der Waals surface area (Å²) in [7, 11) is 1.92. The molecule has 0 aliphatic carbocycles. The largest absolute Gasteiger partial charge is 0.492 e. The van der Waals surface area contributed by atoms with Crippen LogP contribution in [-0.4, -0.2) is 55.5 Å². The van der Waals surface area contributed by atoms with Crippen LogP contribution < -0.4 is 4.74 Å². The van der Waals surface area contributed by atoms with Gasteiger partial charge in [0.15, 0.2) is 0 Å². The first-order valence-electron chi connectivity index (χ1n) is 8.41. The molecule has 0 saturated carbocycles. The van der Waals surface area contributed by atoms with Crippen LogP contribution in [0.3, 0.4) is 0 Å². The van der Waals surface area contributed by atoms with Crippen LogP contribution in [-0.2, 0) is 4.79 Å². The summed E-state index contributed by atoms with van der Waals surface area (Å²) < 4.78 is 18.5. The molecule has 3 rings (SSSR count). The maximum absolute atomic E-state index is 12.8. The Morgan fingerprint density at radius 1 is 1.17 bits per heavy atom. The quantitative estimate of drug-likeness (QED) is 0.855. The number of amides is 1. The molecule has 5 heteroatoms. The third kappa shape index (κ3) is 4.02. The second kappa shape index (κ2) is 6.87. The topological polar surface area (TPSA) is 32.8 Å². The molecule has 1 aromatic carbocycles. The molecule has 4 nitrogen and oxygen atoms in total. The van der Waals surface area contributed by atoms with Gasteiger partial charge >= 0.3 is 0 Å². The van der Waals surface area contributed by atoms with Crippen LogP contribution in [0, 0.1) is 11.2 Å². The predicted octanol–water partition coefficient (Wildman–Crippen LogP) is 2.54. The number of piperidine rings is 2. The highest BCUT2D eigenvalue weighted by Gasteiger charge is 2.39. The van der Waals surface area contributed by atoms with Gasteiger partial charge in [0.2, 0.25) is 5.91 Å². The number of hydrogen-bond acceptors (Lipinski definition) is 3. The van der Waals surface area contributed by atoms with Crippen LogP contribution in [0.5, 0.6) is 5.75 Å². The third-order valence-corrected chi connectivity index (χ3v) is 5.27. The number of likely N-dealkylation sites (tertiary alicyclic amines) is 2. The number of ether oxygens (including phenoxy) is 1. The van der Waals surface area contributed by atoms with Crippen molar-refractivity contribution in [3.8, 4) is 5.75 Å². The Morgan fingerprint density at radius 2 is 1.87 bits per heavy atom. The Labute approximate surface area is 137 Å². The van der Waals surface area contributed by atoms with Gasteiger partial charge in [0.25, 0.3) is 0 Å². The molecule has 0 N–H and O–H groups in total. The van der Waals surface area contributed by atoms with Crippen LogP contribution in [0.4, 0.5) is 4.39 Å². The molecule has 126 valence electrons. The number of rotatable bonds is 4. The summed E-state index contributed by atoms with van der Waals surface area (Å²) >= 11 is 0. The molecule has 2 saturated heterocycles. The molecule has 2 aliphatic rings. The first-order valence-corrected chi connectivity index (χ1v) is 8.41. The molecule has 0 atom stereocenters. The Bertz CT molecular complexity index is 538. The first kappa shape index (κ1) is 16.2. The lowest BCUT2D eigenvalue weighted by molar-refractivity contribution is -0.137. The Balaban J connectivity index is 1.41. The maximum atomic E-state index is 12.8. The third-order valence-electron chi connectivity index (χ3n) is 5.27. The van der Waals surface area contributed by atoms with Gasteiger partial charge in [0, 0.05) is 26.6 Å².